The van der Waals surface area contributed by atoms with Crippen LogP contribution < -0.4 is 5.32 Å². The summed E-state index contributed by atoms with van der Waals surface area (Å²) in [6.45, 7) is 6.18. The molecule has 0 saturated heterocycles. The Morgan fingerprint density at radius 2 is 2.15 bits per heavy atom. The summed E-state index contributed by atoms with van der Waals surface area (Å²) in [5.74, 6) is 0.630. The zero-order chi connectivity index (χ0) is 14.4. The zero-order valence-corrected chi connectivity index (χ0v) is 13.2. The molecule has 0 atom stereocenters. The molecular weight excluding hydrogens is 290 g/mol. The van der Waals surface area contributed by atoms with E-state index in [1.54, 1.807) is 30.4 Å². The van der Waals surface area contributed by atoms with Crippen LogP contribution in [0.4, 0.5) is 0 Å². The van der Waals surface area contributed by atoms with Gasteiger partial charge in [-0.15, -0.1) is 0 Å². The smallest absolute Gasteiger partial charge is 0.119 e. The van der Waals surface area contributed by atoms with Crippen LogP contribution in [0.3, 0.4) is 0 Å². The van der Waals surface area contributed by atoms with Gasteiger partial charge in [0.25, 0.3) is 0 Å². The summed E-state index contributed by atoms with van der Waals surface area (Å²) in [6.07, 6.45) is 5.15. The Morgan fingerprint density at radius 3 is 2.85 bits per heavy atom. The van der Waals surface area contributed by atoms with Crippen LogP contribution in [-0.2, 0) is 6.54 Å². The molecule has 0 fully saturated rings. The SMILES string of the molecule is CC(C)CNCc1cc(Cl)ccc1Sc1cnccn1. The van der Waals surface area contributed by atoms with Crippen molar-refractivity contribution in [3.8, 4) is 0 Å². The number of halogens is 1. The first-order chi connectivity index (χ1) is 9.65. The third-order valence-electron chi connectivity index (χ3n) is 2.64. The largest absolute Gasteiger partial charge is 0.312 e. The molecule has 1 heterocycles. The van der Waals surface area contributed by atoms with Crippen molar-refractivity contribution in [2.75, 3.05) is 6.54 Å². The van der Waals surface area contributed by atoms with Crippen molar-refractivity contribution in [3.05, 3.63) is 47.4 Å². The van der Waals surface area contributed by atoms with Crippen LogP contribution in [-0.4, -0.2) is 16.5 Å². The zero-order valence-electron chi connectivity index (χ0n) is 11.6. The summed E-state index contributed by atoms with van der Waals surface area (Å²) in [5, 5.41) is 5.09. The highest BCUT2D eigenvalue weighted by Crippen LogP contribution is 2.30. The molecule has 1 aromatic heterocycles. The van der Waals surface area contributed by atoms with Gasteiger partial charge < -0.3 is 5.32 Å². The van der Waals surface area contributed by atoms with E-state index in [1.807, 2.05) is 18.2 Å². The first kappa shape index (κ1) is 15.3. The Labute approximate surface area is 129 Å². The number of hydrogen-bond donors (Lipinski definition) is 1. The van der Waals surface area contributed by atoms with Crippen molar-refractivity contribution in [1.29, 1.82) is 0 Å². The normalized spacial score (nSPS) is 11.0. The standard InChI is InChI=1S/C15H18ClN3S/c1-11(2)8-18-9-12-7-13(16)3-4-14(12)20-15-10-17-5-6-19-15/h3-7,10-11,18H,8-9H2,1-2H3. The minimum atomic E-state index is 0.630. The average Bonchev–Trinajstić information content (AvgIpc) is 2.42. The molecule has 1 N–H and O–H groups in total. The molecule has 0 saturated carbocycles. The molecule has 2 rings (SSSR count). The van der Waals surface area contributed by atoms with Gasteiger partial charge in [-0.1, -0.05) is 37.2 Å². The predicted octanol–water partition coefficient (Wildman–Crippen LogP) is 4.03. The molecule has 20 heavy (non-hydrogen) atoms. The van der Waals surface area contributed by atoms with E-state index in [2.05, 4.69) is 29.1 Å². The van der Waals surface area contributed by atoms with Gasteiger partial charge >= 0.3 is 0 Å². The Balaban J connectivity index is 2.11. The number of rotatable bonds is 6. The van der Waals surface area contributed by atoms with Gasteiger partial charge in [0.2, 0.25) is 0 Å². The van der Waals surface area contributed by atoms with Crippen LogP contribution in [0, 0.1) is 5.92 Å². The Morgan fingerprint density at radius 1 is 1.30 bits per heavy atom. The molecule has 2 aromatic rings. The first-order valence-corrected chi connectivity index (χ1v) is 7.77. The van der Waals surface area contributed by atoms with E-state index >= 15 is 0 Å². The van der Waals surface area contributed by atoms with Gasteiger partial charge in [0.05, 0.1) is 6.20 Å². The second-order valence-electron chi connectivity index (χ2n) is 4.92. The minimum Gasteiger partial charge on any atom is -0.312 e. The van der Waals surface area contributed by atoms with Crippen molar-refractivity contribution < 1.29 is 0 Å². The van der Waals surface area contributed by atoms with Crippen LogP contribution in [0.25, 0.3) is 0 Å². The summed E-state index contributed by atoms with van der Waals surface area (Å²) in [4.78, 5) is 9.54. The summed E-state index contributed by atoms with van der Waals surface area (Å²) >= 11 is 7.71. The molecule has 0 radical (unpaired) electrons. The van der Waals surface area contributed by atoms with E-state index in [-0.39, 0.29) is 0 Å². The molecule has 5 heteroatoms. The molecule has 0 aliphatic carbocycles. The monoisotopic (exact) mass is 307 g/mol. The highest BCUT2D eigenvalue weighted by atomic mass is 35.5. The molecule has 0 spiro atoms. The van der Waals surface area contributed by atoms with Crippen molar-refractivity contribution in [2.45, 2.75) is 30.3 Å². The lowest BCUT2D eigenvalue weighted by Gasteiger charge is -2.12. The maximum atomic E-state index is 6.10. The third kappa shape index (κ3) is 4.78. The van der Waals surface area contributed by atoms with Gasteiger partial charge in [-0.25, -0.2) is 4.98 Å². The Bertz CT molecular complexity index is 546. The number of nitrogens with one attached hydrogen (secondary N) is 1. The van der Waals surface area contributed by atoms with Crippen LogP contribution in [0.5, 0.6) is 0 Å². The number of aromatic nitrogens is 2. The second-order valence-corrected chi connectivity index (χ2v) is 6.42. The van der Waals surface area contributed by atoms with Gasteiger partial charge in [0.15, 0.2) is 0 Å². The first-order valence-electron chi connectivity index (χ1n) is 6.58. The van der Waals surface area contributed by atoms with Crippen LogP contribution in [0.2, 0.25) is 5.02 Å². The molecular formula is C15H18ClN3S. The van der Waals surface area contributed by atoms with Gasteiger partial charge in [-0.2, -0.15) is 0 Å². The van der Waals surface area contributed by atoms with Crippen molar-refractivity contribution in [1.82, 2.24) is 15.3 Å². The predicted molar refractivity (Wildman–Crippen MR) is 84.2 cm³/mol. The summed E-state index contributed by atoms with van der Waals surface area (Å²) in [5.41, 5.74) is 1.19. The fraction of sp³-hybridized carbons (Fsp3) is 0.333. The molecule has 0 unspecified atom stereocenters. The quantitative estimate of drug-likeness (QED) is 0.874. The van der Waals surface area contributed by atoms with E-state index in [4.69, 9.17) is 11.6 Å². The number of benzene rings is 1. The molecule has 0 aliphatic rings. The van der Waals surface area contributed by atoms with Crippen molar-refractivity contribution in [3.63, 3.8) is 0 Å². The molecule has 0 amide bonds. The van der Waals surface area contributed by atoms with E-state index in [0.29, 0.717) is 5.92 Å². The lowest BCUT2D eigenvalue weighted by molar-refractivity contribution is 0.550. The van der Waals surface area contributed by atoms with Crippen LogP contribution >= 0.6 is 23.4 Å². The second kappa shape index (κ2) is 7.62. The van der Waals surface area contributed by atoms with E-state index in [1.165, 1.54) is 5.56 Å². The van der Waals surface area contributed by atoms with Gasteiger partial charge in [0.1, 0.15) is 5.03 Å². The van der Waals surface area contributed by atoms with Gasteiger partial charge in [-0.3, -0.25) is 4.98 Å². The Hall–Kier alpha value is -1.10. The molecule has 1 aromatic carbocycles. The lowest BCUT2D eigenvalue weighted by atomic mass is 10.2. The van der Waals surface area contributed by atoms with E-state index < -0.39 is 0 Å². The van der Waals surface area contributed by atoms with E-state index in [9.17, 15) is 0 Å². The third-order valence-corrected chi connectivity index (χ3v) is 3.92. The highest BCUT2D eigenvalue weighted by Gasteiger charge is 2.07. The molecule has 3 nitrogen and oxygen atoms in total. The average molecular weight is 308 g/mol. The minimum absolute atomic E-state index is 0.630. The molecule has 106 valence electrons. The van der Waals surface area contributed by atoms with Crippen LogP contribution in [0.1, 0.15) is 19.4 Å². The lowest BCUT2D eigenvalue weighted by Crippen LogP contribution is -2.19. The topological polar surface area (TPSA) is 37.8 Å². The summed E-state index contributed by atoms with van der Waals surface area (Å²) < 4.78 is 0. The van der Waals surface area contributed by atoms with Crippen molar-refractivity contribution >= 4 is 23.4 Å². The maximum Gasteiger partial charge on any atom is 0.119 e. The van der Waals surface area contributed by atoms with Crippen molar-refractivity contribution in [2.24, 2.45) is 5.92 Å². The fourth-order valence-corrected chi connectivity index (χ4v) is 2.78. The number of nitrogens with zero attached hydrogens (tertiary/aromatic N) is 2. The van der Waals surface area contributed by atoms with E-state index in [0.717, 1.165) is 28.0 Å². The number of hydrogen-bond acceptors (Lipinski definition) is 4. The fourth-order valence-electron chi connectivity index (χ4n) is 1.73. The van der Waals surface area contributed by atoms with Crippen LogP contribution in [0.15, 0.2) is 46.7 Å². The highest BCUT2D eigenvalue weighted by molar-refractivity contribution is 7.99. The molecule has 0 aliphatic heterocycles. The summed E-state index contributed by atoms with van der Waals surface area (Å²) in [7, 11) is 0. The maximum absolute atomic E-state index is 6.10. The summed E-state index contributed by atoms with van der Waals surface area (Å²) in [6, 6.07) is 5.95. The van der Waals surface area contributed by atoms with Gasteiger partial charge in [0, 0.05) is 28.9 Å². The van der Waals surface area contributed by atoms with Gasteiger partial charge in [-0.05, 0) is 36.2 Å². The Kier molecular flexibility index (Phi) is 5.83. The molecule has 0 bridgehead atoms.